The number of nitrogens with zero attached hydrogens (tertiary/aromatic N) is 1. The highest BCUT2D eigenvalue weighted by Gasteiger charge is 2.37. The predicted octanol–water partition coefficient (Wildman–Crippen LogP) is 2.56. The zero-order chi connectivity index (χ0) is 14.1. The summed E-state index contributed by atoms with van der Waals surface area (Å²) < 4.78 is 0. The highest BCUT2D eigenvalue weighted by Crippen LogP contribution is 2.40. The van der Waals surface area contributed by atoms with Gasteiger partial charge in [0.25, 0.3) is 5.91 Å². The van der Waals surface area contributed by atoms with Crippen LogP contribution in [0.5, 0.6) is 0 Å². The molecule has 0 aliphatic carbocycles. The quantitative estimate of drug-likeness (QED) is 0.908. The second-order valence-corrected chi connectivity index (χ2v) is 5.20. The average Bonchev–Trinajstić information content (AvgIpc) is 2.51. The fraction of sp³-hybridized carbons (Fsp3) is 0.235. The third-order valence-corrected chi connectivity index (χ3v) is 4.10. The first kappa shape index (κ1) is 12.9. The molecule has 1 amide bonds. The monoisotopic (exact) mass is 266 g/mol. The highest BCUT2D eigenvalue weighted by atomic mass is 16.2. The lowest BCUT2D eigenvalue weighted by Gasteiger charge is -2.40. The van der Waals surface area contributed by atoms with Gasteiger partial charge < -0.3 is 10.6 Å². The molecule has 102 valence electrons. The maximum atomic E-state index is 12.5. The summed E-state index contributed by atoms with van der Waals surface area (Å²) in [5.41, 5.74) is 8.99. The van der Waals surface area contributed by atoms with E-state index in [-0.39, 0.29) is 17.9 Å². The van der Waals surface area contributed by atoms with Gasteiger partial charge in [0, 0.05) is 25.1 Å². The van der Waals surface area contributed by atoms with Crippen molar-refractivity contribution in [3.63, 3.8) is 0 Å². The van der Waals surface area contributed by atoms with Crippen LogP contribution in [0.1, 0.15) is 33.4 Å². The molecular weight excluding hydrogens is 248 g/mol. The molecule has 3 heteroatoms. The third-order valence-electron chi connectivity index (χ3n) is 4.10. The molecule has 0 spiro atoms. The summed E-state index contributed by atoms with van der Waals surface area (Å²) in [6, 6.07) is 17.9. The smallest absolute Gasteiger partial charge is 0.254 e. The Morgan fingerprint density at radius 2 is 1.70 bits per heavy atom. The van der Waals surface area contributed by atoms with E-state index in [1.165, 1.54) is 0 Å². The standard InChI is InChI=1S/C17H18N2O/c1-19-16(12-7-3-2-4-8-12)15(11-18)13-9-5-6-10-14(13)17(19)20/h2-10,15-16H,11,18H2,1H3/t15-,16+/m1/s1. The summed E-state index contributed by atoms with van der Waals surface area (Å²) in [6.07, 6.45) is 0. The molecule has 0 bridgehead atoms. The molecule has 2 aromatic rings. The maximum absolute atomic E-state index is 12.5. The second kappa shape index (κ2) is 5.10. The molecule has 2 aromatic carbocycles. The number of hydrogen-bond donors (Lipinski definition) is 1. The Bertz CT molecular complexity index is 624. The summed E-state index contributed by atoms with van der Waals surface area (Å²) in [4.78, 5) is 14.4. The minimum Gasteiger partial charge on any atom is -0.334 e. The molecule has 1 heterocycles. The number of carbonyl (C=O) groups is 1. The summed E-state index contributed by atoms with van der Waals surface area (Å²) in [6.45, 7) is 0.522. The number of amides is 1. The Balaban J connectivity index is 2.14. The Kier molecular flexibility index (Phi) is 3.28. The number of nitrogens with two attached hydrogens (primary N) is 1. The van der Waals surface area contributed by atoms with Gasteiger partial charge in [-0.2, -0.15) is 0 Å². The Hall–Kier alpha value is -2.13. The van der Waals surface area contributed by atoms with E-state index in [9.17, 15) is 4.79 Å². The molecule has 0 saturated carbocycles. The summed E-state index contributed by atoms with van der Waals surface area (Å²) in [7, 11) is 1.86. The highest BCUT2D eigenvalue weighted by molar-refractivity contribution is 5.97. The van der Waals surface area contributed by atoms with Gasteiger partial charge in [0.05, 0.1) is 6.04 Å². The van der Waals surface area contributed by atoms with Gasteiger partial charge in [-0.15, -0.1) is 0 Å². The van der Waals surface area contributed by atoms with Gasteiger partial charge >= 0.3 is 0 Å². The minimum atomic E-state index is 0.00333. The van der Waals surface area contributed by atoms with Crippen molar-refractivity contribution in [2.45, 2.75) is 12.0 Å². The summed E-state index contributed by atoms with van der Waals surface area (Å²) in [5.74, 6) is 0.204. The molecule has 0 fully saturated rings. The van der Waals surface area contributed by atoms with E-state index >= 15 is 0 Å². The molecule has 0 radical (unpaired) electrons. The van der Waals surface area contributed by atoms with E-state index in [4.69, 9.17) is 5.73 Å². The van der Waals surface area contributed by atoms with E-state index in [0.717, 1.165) is 16.7 Å². The average molecular weight is 266 g/mol. The molecule has 2 atom stereocenters. The van der Waals surface area contributed by atoms with Crippen molar-refractivity contribution in [3.8, 4) is 0 Å². The van der Waals surface area contributed by atoms with Crippen LogP contribution in [0.4, 0.5) is 0 Å². The van der Waals surface area contributed by atoms with Gasteiger partial charge in [-0.1, -0.05) is 48.5 Å². The van der Waals surface area contributed by atoms with Crippen molar-refractivity contribution in [1.29, 1.82) is 0 Å². The van der Waals surface area contributed by atoms with Crippen LogP contribution in [0.2, 0.25) is 0 Å². The molecule has 1 aliphatic heterocycles. The lowest BCUT2D eigenvalue weighted by atomic mass is 9.80. The molecule has 3 rings (SSSR count). The SMILES string of the molecule is CN1C(=O)c2ccccc2[C@@H](CN)[C@@H]1c1ccccc1. The number of rotatable bonds is 2. The van der Waals surface area contributed by atoms with Crippen molar-refractivity contribution in [2.75, 3.05) is 13.6 Å². The number of likely N-dealkylation sites (N-methyl/N-ethyl adjacent to an activating group) is 1. The van der Waals surface area contributed by atoms with Gasteiger partial charge in [0.1, 0.15) is 0 Å². The van der Waals surface area contributed by atoms with Crippen molar-refractivity contribution in [3.05, 3.63) is 71.3 Å². The normalized spacial score (nSPS) is 21.7. The van der Waals surface area contributed by atoms with Gasteiger partial charge in [0.15, 0.2) is 0 Å². The predicted molar refractivity (Wildman–Crippen MR) is 79.5 cm³/mol. The van der Waals surface area contributed by atoms with Crippen molar-refractivity contribution < 1.29 is 4.79 Å². The minimum absolute atomic E-state index is 0.00333. The Morgan fingerprint density at radius 1 is 1.05 bits per heavy atom. The van der Waals surface area contributed by atoms with Crippen LogP contribution in [0, 0.1) is 0 Å². The molecule has 20 heavy (non-hydrogen) atoms. The molecule has 0 aromatic heterocycles. The van der Waals surface area contributed by atoms with E-state index in [1.54, 1.807) is 0 Å². The fourth-order valence-corrected chi connectivity index (χ4v) is 3.13. The molecular formula is C17H18N2O. The van der Waals surface area contributed by atoms with Crippen LogP contribution in [0.15, 0.2) is 54.6 Å². The summed E-state index contributed by atoms with van der Waals surface area (Å²) in [5, 5.41) is 0. The number of fused-ring (bicyclic) bond motifs is 1. The van der Waals surface area contributed by atoms with Crippen molar-refractivity contribution in [1.82, 2.24) is 4.90 Å². The molecule has 1 aliphatic rings. The van der Waals surface area contributed by atoms with Crippen molar-refractivity contribution >= 4 is 5.91 Å². The first-order valence-corrected chi connectivity index (χ1v) is 6.85. The number of hydrogen-bond acceptors (Lipinski definition) is 2. The number of benzene rings is 2. The topological polar surface area (TPSA) is 46.3 Å². The molecule has 0 saturated heterocycles. The Morgan fingerprint density at radius 3 is 2.40 bits per heavy atom. The second-order valence-electron chi connectivity index (χ2n) is 5.20. The van der Waals surface area contributed by atoms with Gasteiger partial charge in [-0.05, 0) is 17.2 Å². The zero-order valence-electron chi connectivity index (χ0n) is 11.5. The van der Waals surface area contributed by atoms with Crippen LogP contribution >= 0.6 is 0 Å². The van der Waals surface area contributed by atoms with Crippen LogP contribution in [-0.2, 0) is 0 Å². The van der Waals surface area contributed by atoms with E-state index in [1.807, 2.05) is 54.4 Å². The molecule has 3 nitrogen and oxygen atoms in total. The largest absolute Gasteiger partial charge is 0.334 e. The lowest BCUT2D eigenvalue weighted by Crippen LogP contribution is -2.42. The fourth-order valence-electron chi connectivity index (χ4n) is 3.13. The first-order valence-electron chi connectivity index (χ1n) is 6.85. The third kappa shape index (κ3) is 1.91. The van der Waals surface area contributed by atoms with Gasteiger partial charge in [0.2, 0.25) is 0 Å². The van der Waals surface area contributed by atoms with Crippen LogP contribution in [-0.4, -0.2) is 24.4 Å². The van der Waals surface area contributed by atoms with Crippen LogP contribution in [0.25, 0.3) is 0 Å². The van der Waals surface area contributed by atoms with Gasteiger partial charge in [-0.25, -0.2) is 0 Å². The van der Waals surface area contributed by atoms with Crippen LogP contribution in [0.3, 0.4) is 0 Å². The van der Waals surface area contributed by atoms with E-state index in [2.05, 4.69) is 12.1 Å². The first-order chi connectivity index (χ1) is 9.74. The van der Waals surface area contributed by atoms with Crippen LogP contribution < -0.4 is 5.73 Å². The Labute approximate surface area is 119 Å². The van der Waals surface area contributed by atoms with Crippen molar-refractivity contribution in [2.24, 2.45) is 5.73 Å². The lowest BCUT2D eigenvalue weighted by molar-refractivity contribution is 0.0674. The summed E-state index contributed by atoms with van der Waals surface area (Å²) >= 11 is 0. The number of carbonyl (C=O) groups excluding carboxylic acids is 1. The van der Waals surface area contributed by atoms with Gasteiger partial charge in [-0.3, -0.25) is 4.79 Å². The zero-order valence-corrected chi connectivity index (χ0v) is 11.5. The van der Waals surface area contributed by atoms with E-state index < -0.39 is 0 Å². The molecule has 2 N–H and O–H groups in total. The molecule has 0 unspecified atom stereocenters. The maximum Gasteiger partial charge on any atom is 0.254 e. The van der Waals surface area contributed by atoms with E-state index in [0.29, 0.717) is 6.54 Å².